The first kappa shape index (κ1) is 59.3. The fourth-order valence-corrected chi connectivity index (χ4v) is 9.05. The Hall–Kier alpha value is -1.66. The predicted octanol–water partition coefficient (Wildman–Crippen LogP) is 13.2. The summed E-state index contributed by atoms with van der Waals surface area (Å²) < 4.78 is 22.7. The highest BCUT2D eigenvalue weighted by Crippen LogP contribution is 2.23. The number of carbonyl (C=O) groups is 4. The zero-order valence-corrected chi connectivity index (χ0v) is 41.9. The average Bonchev–Trinajstić information content (AvgIpc) is 3.26. The van der Waals surface area contributed by atoms with E-state index in [1.165, 1.54) is 69.1 Å². The number of hydrogen-bond donors (Lipinski definition) is 0. The molecule has 2 unspecified atom stereocenters. The second-order valence-corrected chi connectivity index (χ2v) is 19.3. The Kier molecular flexibility index (Phi) is 43.7. The van der Waals surface area contributed by atoms with Crippen molar-refractivity contribution in [3.63, 3.8) is 0 Å². The molecule has 0 N–H and O–H groups in total. The van der Waals surface area contributed by atoms with Gasteiger partial charge < -0.3 is 28.7 Å². The van der Waals surface area contributed by atoms with E-state index in [0.717, 1.165) is 116 Å². The molecule has 0 aromatic heterocycles. The van der Waals surface area contributed by atoms with Crippen molar-refractivity contribution in [3.8, 4) is 0 Å². The van der Waals surface area contributed by atoms with E-state index < -0.39 is 6.09 Å². The number of rotatable bonds is 45. The summed E-state index contributed by atoms with van der Waals surface area (Å²) in [6, 6.07) is 0. The van der Waals surface area contributed by atoms with Crippen molar-refractivity contribution in [2.45, 2.75) is 208 Å². The van der Waals surface area contributed by atoms with E-state index in [-0.39, 0.29) is 62.7 Å². The summed E-state index contributed by atoms with van der Waals surface area (Å²) >= 11 is 0. The Morgan fingerprint density at radius 1 is 0.426 bits per heavy atom. The molecule has 0 saturated carbocycles. The Labute approximate surface area is 383 Å². The third-order valence-corrected chi connectivity index (χ3v) is 13.7. The molecule has 0 heterocycles. The molecular formula is C49H94N2O8S2. The molecule has 2 atom stereocenters. The molecule has 0 bridgehead atoms. The van der Waals surface area contributed by atoms with Crippen LogP contribution in [0.1, 0.15) is 208 Å². The monoisotopic (exact) mass is 903 g/mol. The van der Waals surface area contributed by atoms with Gasteiger partial charge in [0.15, 0.2) is 0 Å². The fraction of sp³-hybridized carbons (Fsp3) is 0.918. The van der Waals surface area contributed by atoms with E-state index >= 15 is 0 Å². The molecule has 0 aliphatic carbocycles. The summed E-state index contributed by atoms with van der Waals surface area (Å²) in [7, 11) is 3.14. The SMILES string of the molecule is CCCCCCCCC(CCCCCC)C(=O)OCCN(CCOC(=O)C(CCCCCC)CCCCCCCC)C(=O)OCCSSCCOC(=O)CCCN(CC)CC. The predicted molar refractivity (Wildman–Crippen MR) is 258 cm³/mol. The lowest BCUT2D eigenvalue weighted by Crippen LogP contribution is -2.38. The van der Waals surface area contributed by atoms with Gasteiger partial charge in [-0.15, -0.1) is 0 Å². The molecular weight excluding hydrogens is 809 g/mol. The first-order valence-corrected chi connectivity index (χ1v) is 27.6. The van der Waals surface area contributed by atoms with Gasteiger partial charge in [-0.25, -0.2) is 4.79 Å². The normalized spacial score (nSPS) is 12.3. The van der Waals surface area contributed by atoms with Crippen molar-refractivity contribution in [1.82, 2.24) is 9.80 Å². The summed E-state index contributed by atoms with van der Waals surface area (Å²) in [5.74, 6) is 0.460. The van der Waals surface area contributed by atoms with Crippen LogP contribution in [0.25, 0.3) is 0 Å². The minimum Gasteiger partial charge on any atom is -0.465 e. The number of amides is 1. The molecule has 0 saturated heterocycles. The molecule has 360 valence electrons. The van der Waals surface area contributed by atoms with Crippen LogP contribution in [0.5, 0.6) is 0 Å². The van der Waals surface area contributed by atoms with Crippen LogP contribution in [-0.2, 0) is 33.3 Å². The van der Waals surface area contributed by atoms with E-state index in [9.17, 15) is 19.2 Å². The van der Waals surface area contributed by atoms with Gasteiger partial charge >= 0.3 is 24.0 Å². The van der Waals surface area contributed by atoms with Crippen LogP contribution >= 0.6 is 21.6 Å². The number of unbranched alkanes of at least 4 members (excludes halogenated alkanes) is 16. The molecule has 0 aliphatic rings. The Morgan fingerprint density at radius 2 is 0.803 bits per heavy atom. The van der Waals surface area contributed by atoms with Crippen molar-refractivity contribution in [2.75, 3.05) is 70.7 Å². The van der Waals surface area contributed by atoms with Gasteiger partial charge in [-0.3, -0.25) is 14.4 Å². The molecule has 12 heteroatoms. The highest BCUT2D eigenvalue weighted by molar-refractivity contribution is 8.76. The minimum atomic E-state index is -0.511. The molecule has 0 aliphatic heterocycles. The highest BCUT2D eigenvalue weighted by Gasteiger charge is 2.23. The van der Waals surface area contributed by atoms with Crippen molar-refractivity contribution < 1.29 is 38.1 Å². The third kappa shape index (κ3) is 36.4. The van der Waals surface area contributed by atoms with Crippen LogP contribution in [-0.4, -0.2) is 104 Å². The molecule has 0 rings (SSSR count). The highest BCUT2D eigenvalue weighted by atomic mass is 33.1. The summed E-state index contributed by atoms with van der Waals surface area (Å²) in [5, 5.41) is 0. The first-order chi connectivity index (χ1) is 29.8. The Balaban J connectivity index is 5.24. The Bertz CT molecular complexity index is 985. The van der Waals surface area contributed by atoms with Crippen LogP contribution in [0.15, 0.2) is 0 Å². The van der Waals surface area contributed by atoms with Gasteiger partial charge in [0.05, 0.1) is 24.9 Å². The quantitative estimate of drug-likeness (QED) is 0.0252. The van der Waals surface area contributed by atoms with Crippen LogP contribution in [0.4, 0.5) is 4.79 Å². The molecule has 1 amide bonds. The lowest BCUT2D eigenvalue weighted by Gasteiger charge is -2.23. The molecule has 61 heavy (non-hydrogen) atoms. The maximum Gasteiger partial charge on any atom is 0.410 e. The molecule has 0 spiro atoms. The second kappa shape index (κ2) is 44.9. The zero-order valence-electron chi connectivity index (χ0n) is 40.3. The van der Waals surface area contributed by atoms with Gasteiger partial charge in [0, 0.05) is 17.9 Å². The van der Waals surface area contributed by atoms with Gasteiger partial charge in [-0.1, -0.05) is 192 Å². The van der Waals surface area contributed by atoms with E-state index in [1.807, 2.05) is 0 Å². The topological polar surface area (TPSA) is 112 Å². The van der Waals surface area contributed by atoms with E-state index in [4.69, 9.17) is 18.9 Å². The number of carbonyl (C=O) groups excluding carboxylic acids is 4. The maximum absolute atomic E-state index is 13.4. The minimum absolute atomic E-state index is 0.0701. The summed E-state index contributed by atoms with van der Waals surface area (Å²) in [6.07, 6.45) is 27.2. The van der Waals surface area contributed by atoms with Crippen molar-refractivity contribution in [1.29, 1.82) is 0 Å². The number of esters is 3. The molecule has 0 aromatic rings. The van der Waals surface area contributed by atoms with Gasteiger partial charge in [-0.05, 0) is 51.7 Å². The average molecular weight is 903 g/mol. The van der Waals surface area contributed by atoms with Gasteiger partial charge in [0.2, 0.25) is 0 Å². The summed E-state index contributed by atoms with van der Waals surface area (Å²) in [5.41, 5.74) is 0. The van der Waals surface area contributed by atoms with Crippen LogP contribution < -0.4 is 0 Å². The summed E-state index contributed by atoms with van der Waals surface area (Å²) in [6.45, 7) is 17.0. The molecule has 10 nitrogen and oxygen atoms in total. The number of nitrogens with zero attached hydrogens (tertiary/aromatic N) is 2. The Morgan fingerprint density at radius 3 is 1.21 bits per heavy atom. The van der Waals surface area contributed by atoms with Gasteiger partial charge in [-0.2, -0.15) is 0 Å². The van der Waals surface area contributed by atoms with Gasteiger partial charge in [0.1, 0.15) is 26.4 Å². The van der Waals surface area contributed by atoms with Crippen LogP contribution in [0, 0.1) is 11.8 Å². The summed E-state index contributed by atoms with van der Waals surface area (Å²) in [4.78, 5) is 56.0. The zero-order chi connectivity index (χ0) is 45.0. The van der Waals surface area contributed by atoms with Crippen LogP contribution in [0.3, 0.4) is 0 Å². The van der Waals surface area contributed by atoms with E-state index in [2.05, 4.69) is 46.4 Å². The number of hydrogen-bond acceptors (Lipinski definition) is 11. The smallest absolute Gasteiger partial charge is 0.410 e. The fourth-order valence-electron chi connectivity index (χ4n) is 7.40. The maximum atomic E-state index is 13.4. The molecule has 0 fully saturated rings. The van der Waals surface area contributed by atoms with E-state index in [1.54, 1.807) is 21.6 Å². The lowest BCUT2D eigenvalue weighted by molar-refractivity contribution is -0.150. The van der Waals surface area contributed by atoms with E-state index in [0.29, 0.717) is 24.5 Å². The molecule has 0 aromatic carbocycles. The lowest BCUT2D eigenvalue weighted by atomic mass is 9.94. The standard InChI is InChI=1S/C49H94N2O8S2/c1-7-13-17-21-23-27-32-44(30-25-19-15-9-3)47(53)57-38-36-51(37-39-58-48(54)45(31-26-20-16-10-4)33-28-24-22-18-14-8-2)49(55)59-41-43-61-60-42-40-56-46(52)34-29-35-50(11-5)12-6/h44-45H,7-43H2,1-6H3. The number of ether oxygens (including phenoxy) is 4. The first-order valence-electron chi connectivity index (χ1n) is 25.1. The van der Waals surface area contributed by atoms with Crippen molar-refractivity contribution >= 4 is 45.6 Å². The van der Waals surface area contributed by atoms with Crippen molar-refractivity contribution in [3.05, 3.63) is 0 Å². The van der Waals surface area contributed by atoms with Crippen molar-refractivity contribution in [2.24, 2.45) is 11.8 Å². The van der Waals surface area contributed by atoms with Gasteiger partial charge in [0.25, 0.3) is 0 Å². The van der Waals surface area contributed by atoms with Crippen LogP contribution in [0.2, 0.25) is 0 Å². The molecule has 0 radical (unpaired) electrons. The third-order valence-electron chi connectivity index (χ3n) is 11.4. The largest absolute Gasteiger partial charge is 0.465 e. The second-order valence-electron chi connectivity index (χ2n) is 16.6.